The number of hydrogen-bond donors (Lipinski definition) is 1. The van der Waals surface area contributed by atoms with Gasteiger partial charge in [0.05, 0.1) is 0 Å². The van der Waals surface area contributed by atoms with Crippen LogP contribution in [0.15, 0.2) is 0 Å². The number of rotatable bonds is 33. The highest BCUT2D eigenvalue weighted by Crippen LogP contribution is 2.15. The molecule has 5 nitrogen and oxygen atoms in total. The summed E-state index contributed by atoms with van der Waals surface area (Å²) in [6, 6.07) is 0. The van der Waals surface area contributed by atoms with E-state index in [1.807, 2.05) is 0 Å². The zero-order valence-corrected chi connectivity index (χ0v) is 28.4. The van der Waals surface area contributed by atoms with E-state index in [9.17, 15) is 14.7 Å². The van der Waals surface area contributed by atoms with Gasteiger partial charge in [-0.1, -0.05) is 181 Å². The van der Waals surface area contributed by atoms with E-state index in [0.717, 1.165) is 32.1 Å². The Kier molecular flexibility index (Phi) is 31.9. The van der Waals surface area contributed by atoms with Crippen LogP contribution in [0.4, 0.5) is 0 Å². The Morgan fingerprint density at radius 3 is 1.24 bits per heavy atom. The predicted molar refractivity (Wildman–Crippen MR) is 178 cm³/mol. The molecule has 0 aromatic rings. The van der Waals surface area contributed by atoms with Gasteiger partial charge in [0.25, 0.3) is 0 Å². The average molecular weight is 597 g/mol. The highest BCUT2D eigenvalue weighted by Gasteiger charge is 2.19. The van der Waals surface area contributed by atoms with Crippen LogP contribution in [0.25, 0.3) is 0 Å². The second-order valence-corrected chi connectivity index (χ2v) is 12.8. The second kappa shape index (κ2) is 32.8. The van der Waals surface area contributed by atoms with Gasteiger partial charge in [-0.2, -0.15) is 0 Å². The predicted octanol–water partition coefficient (Wildman–Crippen LogP) is 11.2. The van der Waals surface area contributed by atoms with Gasteiger partial charge in [-0.3, -0.25) is 4.79 Å². The molecule has 0 saturated heterocycles. The maximum Gasteiger partial charge on any atom is 0.335 e. The summed E-state index contributed by atoms with van der Waals surface area (Å²) in [7, 11) is 0. The highest BCUT2D eigenvalue weighted by atomic mass is 16.6. The Morgan fingerprint density at radius 2 is 0.857 bits per heavy atom. The van der Waals surface area contributed by atoms with Gasteiger partial charge in [-0.15, -0.1) is 0 Å². The lowest BCUT2D eigenvalue weighted by Gasteiger charge is -2.16. The Hall–Kier alpha value is -1.10. The van der Waals surface area contributed by atoms with E-state index in [4.69, 9.17) is 9.47 Å². The monoisotopic (exact) mass is 597 g/mol. The standard InChI is InChI=1S/C37H72O5/c1-4-6-8-10-12-14-16-18-19-20-22-24-26-28-30-32-36(39)41-33-34(3)42-37(40)35(38)31-29-27-25-23-21-17-15-13-11-9-7-5-2/h34-35,38H,4-33H2,1-3H3. The summed E-state index contributed by atoms with van der Waals surface area (Å²) in [5.74, 6) is -0.839. The minimum Gasteiger partial charge on any atom is -0.462 e. The molecule has 0 spiro atoms. The number of aliphatic hydroxyl groups excluding tert-OH is 1. The van der Waals surface area contributed by atoms with Crippen LogP contribution in [-0.2, 0) is 19.1 Å². The van der Waals surface area contributed by atoms with Crippen molar-refractivity contribution in [1.29, 1.82) is 0 Å². The minimum atomic E-state index is -1.09. The number of unbranched alkanes of at least 4 members (excludes halogenated alkanes) is 25. The van der Waals surface area contributed by atoms with E-state index in [-0.39, 0.29) is 12.6 Å². The average Bonchev–Trinajstić information content (AvgIpc) is 2.98. The molecule has 0 saturated carbocycles. The van der Waals surface area contributed by atoms with Gasteiger partial charge in [-0.25, -0.2) is 4.79 Å². The van der Waals surface area contributed by atoms with Gasteiger partial charge in [0.15, 0.2) is 6.10 Å². The maximum atomic E-state index is 12.1. The van der Waals surface area contributed by atoms with Crippen molar-refractivity contribution in [2.75, 3.05) is 6.61 Å². The molecule has 0 rings (SSSR count). The first-order valence-electron chi connectivity index (χ1n) is 18.5. The molecule has 0 bridgehead atoms. The summed E-state index contributed by atoms with van der Waals surface area (Å²) in [5.41, 5.74) is 0. The quantitative estimate of drug-likeness (QED) is 0.0602. The molecular weight excluding hydrogens is 524 g/mol. The fraction of sp³-hybridized carbons (Fsp3) is 0.946. The lowest BCUT2D eigenvalue weighted by molar-refractivity contribution is -0.165. The second-order valence-electron chi connectivity index (χ2n) is 12.8. The van der Waals surface area contributed by atoms with Crippen LogP contribution in [-0.4, -0.2) is 35.9 Å². The largest absolute Gasteiger partial charge is 0.462 e. The number of ether oxygens (including phenoxy) is 2. The summed E-state index contributed by atoms with van der Waals surface area (Å²) >= 11 is 0. The van der Waals surface area contributed by atoms with Crippen molar-refractivity contribution in [3.63, 3.8) is 0 Å². The van der Waals surface area contributed by atoms with Crippen LogP contribution in [0.3, 0.4) is 0 Å². The highest BCUT2D eigenvalue weighted by molar-refractivity contribution is 5.74. The van der Waals surface area contributed by atoms with Crippen LogP contribution < -0.4 is 0 Å². The molecular formula is C37H72O5. The third-order valence-electron chi connectivity index (χ3n) is 8.38. The first-order valence-corrected chi connectivity index (χ1v) is 18.5. The van der Waals surface area contributed by atoms with Crippen LogP contribution in [0.5, 0.6) is 0 Å². The fourth-order valence-electron chi connectivity index (χ4n) is 5.53. The lowest BCUT2D eigenvalue weighted by Crippen LogP contribution is -2.29. The van der Waals surface area contributed by atoms with Crippen molar-refractivity contribution in [3.8, 4) is 0 Å². The van der Waals surface area contributed by atoms with E-state index >= 15 is 0 Å². The molecule has 0 aromatic heterocycles. The van der Waals surface area contributed by atoms with Crippen molar-refractivity contribution in [2.24, 2.45) is 0 Å². The van der Waals surface area contributed by atoms with Crippen LogP contribution in [0.2, 0.25) is 0 Å². The topological polar surface area (TPSA) is 72.8 Å². The van der Waals surface area contributed by atoms with Gasteiger partial charge >= 0.3 is 11.9 Å². The minimum absolute atomic E-state index is 0.0502. The van der Waals surface area contributed by atoms with Crippen LogP contribution >= 0.6 is 0 Å². The Bertz CT molecular complexity index is 579. The molecule has 0 amide bonds. The van der Waals surface area contributed by atoms with Crippen molar-refractivity contribution >= 4 is 11.9 Å². The van der Waals surface area contributed by atoms with E-state index in [1.165, 1.54) is 141 Å². The summed E-state index contributed by atoms with van der Waals surface area (Å²) in [6.07, 6.45) is 33.7. The summed E-state index contributed by atoms with van der Waals surface area (Å²) in [5, 5.41) is 10.1. The molecule has 0 aliphatic carbocycles. The van der Waals surface area contributed by atoms with E-state index in [1.54, 1.807) is 6.92 Å². The van der Waals surface area contributed by atoms with Crippen molar-refractivity contribution in [1.82, 2.24) is 0 Å². The normalized spacial score (nSPS) is 12.8. The van der Waals surface area contributed by atoms with E-state index in [0.29, 0.717) is 12.8 Å². The zero-order chi connectivity index (χ0) is 30.9. The zero-order valence-electron chi connectivity index (χ0n) is 28.4. The molecule has 0 aromatic carbocycles. The van der Waals surface area contributed by atoms with Crippen LogP contribution in [0.1, 0.15) is 207 Å². The third kappa shape index (κ3) is 30.4. The smallest absolute Gasteiger partial charge is 0.335 e. The summed E-state index contributed by atoms with van der Waals surface area (Å²) < 4.78 is 10.6. The number of aliphatic hydroxyl groups is 1. The van der Waals surface area contributed by atoms with Gasteiger partial charge in [0.2, 0.25) is 0 Å². The molecule has 0 aliphatic rings. The van der Waals surface area contributed by atoms with Crippen molar-refractivity contribution in [2.45, 2.75) is 219 Å². The molecule has 2 atom stereocenters. The Balaban J connectivity index is 3.51. The fourth-order valence-corrected chi connectivity index (χ4v) is 5.53. The maximum absolute atomic E-state index is 12.1. The molecule has 250 valence electrons. The molecule has 42 heavy (non-hydrogen) atoms. The first-order chi connectivity index (χ1) is 20.5. The van der Waals surface area contributed by atoms with Crippen molar-refractivity contribution < 1.29 is 24.2 Å². The Morgan fingerprint density at radius 1 is 0.524 bits per heavy atom. The van der Waals surface area contributed by atoms with E-state index in [2.05, 4.69) is 13.8 Å². The van der Waals surface area contributed by atoms with Gasteiger partial charge in [0.1, 0.15) is 12.7 Å². The molecule has 2 unspecified atom stereocenters. The number of hydrogen-bond acceptors (Lipinski definition) is 5. The van der Waals surface area contributed by atoms with E-state index < -0.39 is 18.2 Å². The first kappa shape index (κ1) is 40.9. The van der Waals surface area contributed by atoms with Gasteiger partial charge in [0, 0.05) is 6.42 Å². The van der Waals surface area contributed by atoms with Crippen LogP contribution in [0, 0.1) is 0 Å². The third-order valence-corrected chi connectivity index (χ3v) is 8.38. The molecule has 0 fully saturated rings. The molecule has 1 N–H and O–H groups in total. The molecule has 0 heterocycles. The van der Waals surface area contributed by atoms with Gasteiger partial charge in [-0.05, 0) is 19.8 Å². The van der Waals surface area contributed by atoms with Crippen molar-refractivity contribution in [3.05, 3.63) is 0 Å². The summed E-state index contributed by atoms with van der Waals surface area (Å²) in [6.45, 7) is 6.28. The number of carbonyl (C=O) groups excluding carboxylic acids is 2. The number of esters is 2. The molecule has 0 radical (unpaired) electrons. The lowest BCUT2D eigenvalue weighted by atomic mass is 10.0. The SMILES string of the molecule is CCCCCCCCCCCCCCCCCC(=O)OCC(C)OC(=O)C(O)CCCCCCCCCCCCCC. The summed E-state index contributed by atoms with van der Waals surface area (Å²) in [4.78, 5) is 24.2. The molecule has 0 aliphatic heterocycles. The molecule has 5 heteroatoms. The number of carbonyl (C=O) groups is 2. The van der Waals surface area contributed by atoms with Gasteiger partial charge < -0.3 is 14.6 Å². The Labute approximate surface area is 261 Å².